The maximum absolute atomic E-state index is 12.9. The summed E-state index contributed by atoms with van der Waals surface area (Å²) in [6.07, 6.45) is -3.08. The van der Waals surface area contributed by atoms with E-state index in [4.69, 9.17) is 11.6 Å². The molecule has 4 rings (SSSR count). The minimum absolute atomic E-state index is 0.0939. The van der Waals surface area contributed by atoms with Crippen LogP contribution in [0.2, 0.25) is 0 Å². The predicted octanol–water partition coefficient (Wildman–Crippen LogP) is 2.93. The van der Waals surface area contributed by atoms with Crippen LogP contribution in [0.5, 0.6) is 0 Å². The molecule has 0 atom stereocenters. The molecular formula is C21H21ClF3N7O2. The van der Waals surface area contributed by atoms with E-state index in [0.717, 1.165) is 12.1 Å². The molecule has 0 aliphatic carbocycles. The van der Waals surface area contributed by atoms with E-state index in [2.05, 4.69) is 20.4 Å². The summed E-state index contributed by atoms with van der Waals surface area (Å²) < 4.78 is 41.3. The summed E-state index contributed by atoms with van der Waals surface area (Å²) in [6.45, 7) is 2.74. The number of hydrogen-bond donors (Lipinski definition) is 0. The van der Waals surface area contributed by atoms with Crippen molar-refractivity contribution in [3.63, 3.8) is 0 Å². The molecule has 0 amide bonds. The van der Waals surface area contributed by atoms with Gasteiger partial charge in [0.15, 0.2) is 5.82 Å². The highest BCUT2D eigenvalue weighted by Crippen LogP contribution is 2.29. The monoisotopic (exact) mass is 495 g/mol. The molecule has 0 fully saturated rings. The summed E-state index contributed by atoms with van der Waals surface area (Å²) in [7, 11) is 0. The van der Waals surface area contributed by atoms with Gasteiger partial charge in [-0.3, -0.25) is 13.9 Å². The summed E-state index contributed by atoms with van der Waals surface area (Å²) in [4.78, 5) is 31.1. The van der Waals surface area contributed by atoms with Gasteiger partial charge >= 0.3 is 11.9 Å². The van der Waals surface area contributed by atoms with Gasteiger partial charge in [0.05, 0.1) is 17.7 Å². The fraction of sp³-hybridized carbons (Fsp3) is 0.429. The number of aromatic nitrogens is 6. The molecule has 3 heterocycles. The van der Waals surface area contributed by atoms with E-state index in [1.54, 1.807) is 6.07 Å². The molecule has 1 aromatic carbocycles. The summed E-state index contributed by atoms with van der Waals surface area (Å²) in [5.74, 6) is 0.599. The van der Waals surface area contributed by atoms with Crippen LogP contribution in [0.3, 0.4) is 0 Å². The summed E-state index contributed by atoms with van der Waals surface area (Å²) in [5, 5.41) is 12.3. The number of halogens is 4. The average molecular weight is 496 g/mol. The number of aryl methyl sites for hydroxylation is 1. The lowest BCUT2D eigenvalue weighted by molar-refractivity contribution is -0.137. The van der Waals surface area contributed by atoms with E-state index < -0.39 is 23.0 Å². The van der Waals surface area contributed by atoms with Crippen LogP contribution in [-0.4, -0.2) is 34.5 Å². The number of fused-ring (bicyclic) bond motifs is 1. The van der Waals surface area contributed by atoms with E-state index in [9.17, 15) is 22.8 Å². The van der Waals surface area contributed by atoms with Crippen LogP contribution in [0, 0.1) is 0 Å². The van der Waals surface area contributed by atoms with Crippen LogP contribution in [0.15, 0.2) is 38.8 Å². The summed E-state index contributed by atoms with van der Waals surface area (Å²) in [6, 6.07) is 4.95. The number of rotatable bonds is 8. The Balaban J connectivity index is 1.44. The number of alkyl halides is 3. The molecular weight excluding hydrogens is 475 g/mol. The van der Waals surface area contributed by atoms with Gasteiger partial charge in [0.2, 0.25) is 0 Å². The van der Waals surface area contributed by atoms with E-state index >= 15 is 0 Å². The molecule has 180 valence electrons. The van der Waals surface area contributed by atoms with Gasteiger partial charge in [-0.25, -0.2) is 9.79 Å². The zero-order valence-electron chi connectivity index (χ0n) is 18.2. The molecule has 2 aromatic heterocycles. The van der Waals surface area contributed by atoms with Crippen LogP contribution in [0.1, 0.15) is 42.3 Å². The average Bonchev–Trinajstić information content (AvgIpc) is 3.39. The Hall–Kier alpha value is -3.28. The Morgan fingerprint density at radius 3 is 2.65 bits per heavy atom. The van der Waals surface area contributed by atoms with Gasteiger partial charge < -0.3 is 0 Å². The molecule has 0 radical (unpaired) electrons. The van der Waals surface area contributed by atoms with Gasteiger partial charge in [0.1, 0.15) is 11.0 Å². The van der Waals surface area contributed by atoms with Crippen LogP contribution in [0.25, 0.3) is 0 Å². The largest absolute Gasteiger partial charge is 0.416 e. The highest BCUT2D eigenvalue weighted by atomic mass is 35.5. The smallest absolute Gasteiger partial charge is 0.278 e. The van der Waals surface area contributed by atoms with E-state index in [1.807, 2.05) is 6.92 Å². The molecule has 34 heavy (non-hydrogen) atoms. The summed E-state index contributed by atoms with van der Waals surface area (Å²) in [5.41, 5.74) is -0.782. The molecule has 0 N–H and O–H groups in total. The number of benzene rings is 1. The van der Waals surface area contributed by atoms with Crippen molar-refractivity contribution in [2.75, 3.05) is 0 Å². The highest BCUT2D eigenvalue weighted by Gasteiger charge is 2.30. The first-order valence-corrected chi connectivity index (χ1v) is 11.1. The first kappa shape index (κ1) is 23.9. The molecule has 9 nitrogen and oxygen atoms in total. The van der Waals surface area contributed by atoms with Crippen molar-refractivity contribution in [2.45, 2.75) is 58.4 Å². The third kappa shape index (κ3) is 4.96. The van der Waals surface area contributed by atoms with Crippen molar-refractivity contribution >= 4 is 22.6 Å². The maximum Gasteiger partial charge on any atom is 0.416 e. The lowest BCUT2D eigenvalue weighted by Gasteiger charge is -2.13. The number of aliphatic imine (C=N–C) groups is 1. The molecule has 0 unspecified atom stereocenters. The fourth-order valence-electron chi connectivity index (χ4n) is 3.80. The summed E-state index contributed by atoms with van der Waals surface area (Å²) >= 11 is 6.01. The molecule has 0 spiro atoms. The Bertz CT molecular complexity index is 1360. The van der Waals surface area contributed by atoms with E-state index in [0.29, 0.717) is 36.3 Å². The first-order chi connectivity index (χ1) is 16.2. The van der Waals surface area contributed by atoms with Crippen molar-refractivity contribution in [1.82, 2.24) is 29.3 Å². The van der Waals surface area contributed by atoms with Crippen LogP contribution < -0.4 is 11.2 Å². The number of hydrogen-bond acceptors (Lipinski definition) is 6. The highest BCUT2D eigenvalue weighted by molar-refractivity contribution is 6.66. The molecule has 0 bridgehead atoms. The molecule has 0 saturated carbocycles. The first-order valence-electron chi connectivity index (χ1n) is 10.7. The minimum Gasteiger partial charge on any atom is -0.278 e. The van der Waals surface area contributed by atoms with Crippen LogP contribution in [0.4, 0.5) is 19.0 Å². The standard InChI is InChI=1S/C21H21ClF3N7O2/c1-2-7-30-18-15(12-16(22)26-18)19(33)31(20(30)34)8-4-9-32-28-17(27-29-32)11-13-5-3-6-14(10-13)21(23,24)25/h3,5-6,10H,2,4,7-9,11-12H2,1H3. The predicted molar refractivity (Wildman–Crippen MR) is 119 cm³/mol. The number of tetrazole rings is 1. The lowest BCUT2D eigenvalue weighted by atomic mass is 10.1. The van der Waals surface area contributed by atoms with Gasteiger partial charge in [-0.05, 0) is 29.7 Å². The molecule has 1 aliphatic rings. The van der Waals surface area contributed by atoms with E-state index in [-0.39, 0.29) is 36.9 Å². The minimum atomic E-state index is -4.43. The molecule has 3 aromatic rings. The van der Waals surface area contributed by atoms with Crippen molar-refractivity contribution in [2.24, 2.45) is 4.99 Å². The third-order valence-corrected chi connectivity index (χ3v) is 5.56. The number of nitrogens with zero attached hydrogens (tertiary/aromatic N) is 7. The second kappa shape index (κ2) is 9.53. The van der Waals surface area contributed by atoms with Gasteiger partial charge in [-0.2, -0.15) is 18.0 Å². The fourth-order valence-corrected chi connectivity index (χ4v) is 4.02. The topological polar surface area (TPSA) is 100.0 Å². The van der Waals surface area contributed by atoms with E-state index in [1.165, 1.54) is 20.0 Å². The molecule has 0 saturated heterocycles. The van der Waals surface area contributed by atoms with Crippen molar-refractivity contribution in [3.8, 4) is 0 Å². The van der Waals surface area contributed by atoms with Gasteiger partial charge in [-0.1, -0.05) is 36.7 Å². The Kier molecular flexibility index (Phi) is 6.69. The SMILES string of the molecule is CCCn1c2c(c(=O)n(CCCn3nnc(Cc4cccc(C(F)(F)F)c4)n3)c1=O)CC(Cl)=N2. The van der Waals surface area contributed by atoms with Gasteiger partial charge in [0.25, 0.3) is 5.56 Å². The van der Waals surface area contributed by atoms with Crippen molar-refractivity contribution in [1.29, 1.82) is 0 Å². The second-order valence-electron chi connectivity index (χ2n) is 7.89. The Morgan fingerprint density at radius 1 is 1.12 bits per heavy atom. The van der Waals surface area contributed by atoms with Crippen LogP contribution >= 0.6 is 11.6 Å². The van der Waals surface area contributed by atoms with Crippen molar-refractivity contribution < 1.29 is 13.2 Å². The Labute approximate surface area is 196 Å². The Morgan fingerprint density at radius 2 is 1.91 bits per heavy atom. The second-order valence-corrected chi connectivity index (χ2v) is 8.32. The van der Waals surface area contributed by atoms with Gasteiger partial charge in [-0.15, -0.1) is 10.2 Å². The van der Waals surface area contributed by atoms with Crippen molar-refractivity contribution in [3.05, 3.63) is 67.6 Å². The molecule has 1 aliphatic heterocycles. The zero-order chi connectivity index (χ0) is 24.5. The van der Waals surface area contributed by atoms with Crippen LogP contribution in [-0.2, 0) is 38.7 Å². The zero-order valence-corrected chi connectivity index (χ0v) is 19.0. The normalized spacial score (nSPS) is 13.3. The maximum atomic E-state index is 12.9. The lowest BCUT2D eigenvalue weighted by Crippen LogP contribution is -2.41. The van der Waals surface area contributed by atoms with Gasteiger partial charge in [0, 0.05) is 25.9 Å². The molecule has 13 heteroatoms. The quantitative estimate of drug-likeness (QED) is 0.478. The third-order valence-electron chi connectivity index (χ3n) is 5.34.